The summed E-state index contributed by atoms with van der Waals surface area (Å²) in [5.74, 6) is -0.572. The summed E-state index contributed by atoms with van der Waals surface area (Å²) >= 11 is 25.0. The van der Waals surface area contributed by atoms with E-state index in [1.165, 1.54) is 24.4 Å². The van der Waals surface area contributed by atoms with E-state index in [-0.39, 0.29) is 40.2 Å². The lowest BCUT2D eigenvalue weighted by atomic mass is 10.0. The van der Waals surface area contributed by atoms with Crippen molar-refractivity contribution in [3.8, 4) is 6.07 Å². The molecule has 4 aromatic rings. The molecule has 2 aromatic carbocycles. The van der Waals surface area contributed by atoms with Gasteiger partial charge in [0.25, 0.3) is 0 Å². The zero-order valence-corrected chi connectivity index (χ0v) is 23.7. The van der Waals surface area contributed by atoms with Gasteiger partial charge in [-0.3, -0.25) is 4.98 Å². The van der Waals surface area contributed by atoms with Crippen molar-refractivity contribution in [2.45, 2.75) is 6.04 Å². The van der Waals surface area contributed by atoms with Crippen LogP contribution in [0.4, 0.5) is 21.5 Å². The number of benzene rings is 2. The van der Waals surface area contributed by atoms with E-state index in [0.29, 0.717) is 44.2 Å². The Hall–Kier alpha value is -3.56. The second kappa shape index (κ2) is 13.7. The summed E-state index contributed by atoms with van der Waals surface area (Å²) in [5, 5.41) is 29.3. The lowest BCUT2D eigenvalue weighted by Crippen LogP contribution is -2.23. The van der Waals surface area contributed by atoms with Crippen LogP contribution in [0, 0.1) is 17.1 Å². The molecule has 9 nitrogen and oxygen atoms in total. The topological polar surface area (TPSA) is 167 Å². The van der Waals surface area contributed by atoms with E-state index in [1.807, 2.05) is 0 Å². The van der Waals surface area contributed by atoms with Gasteiger partial charge in [0.1, 0.15) is 22.2 Å². The number of aliphatic hydroxyl groups excluding tert-OH is 1. The maximum Gasteiger partial charge on any atom is 0.141 e. The van der Waals surface area contributed by atoms with Gasteiger partial charge in [-0.25, -0.2) is 9.37 Å². The van der Waals surface area contributed by atoms with Crippen LogP contribution >= 0.6 is 46.4 Å². The summed E-state index contributed by atoms with van der Waals surface area (Å²) in [6, 6.07) is 12.2. The van der Waals surface area contributed by atoms with Crippen LogP contribution in [0.5, 0.6) is 0 Å². The summed E-state index contributed by atoms with van der Waals surface area (Å²) in [6.45, 7) is 0.196. The average Bonchev–Trinajstić information content (AvgIpc) is 2.90. The van der Waals surface area contributed by atoms with Crippen molar-refractivity contribution in [2.75, 3.05) is 23.8 Å². The number of nitrogens with zero attached hydrogens (tertiary/aromatic N) is 3. The van der Waals surface area contributed by atoms with Crippen molar-refractivity contribution >= 4 is 74.4 Å². The van der Waals surface area contributed by atoms with Gasteiger partial charge in [0, 0.05) is 41.3 Å². The molecule has 0 saturated carbocycles. The molecule has 0 bridgehead atoms. The van der Waals surface area contributed by atoms with Crippen molar-refractivity contribution in [3.05, 3.63) is 97.9 Å². The minimum absolute atomic E-state index is 0. The molecule has 9 N–H and O–H groups in total. The van der Waals surface area contributed by atoms with E-state index in [0.717, 1.165) is 0 Å². The van der Waals surface area contributed by atoms with Crippen molar-refractivity contribution in [2.24, 2.45) is 5.73 Å². The molecular formula is C26H23Cl4FN8O. The largest absolute Gasteiger partial charge is 0.399 e. The third-order valence-corrected chi connectivity index (χ3v) is 6.65. The van der Waals surface area contributed by atoms with Gasteiger partial charge in [-0.2, -0.15) is 5.26 Å². The third-order valence-electron chi connectivity index (χ3n) is 5.56. The van der Waals surface area contributed by atoms with E-state index in [9.17, 15) is 9.65 Å². The van der Waals surface area contributed by atoms with Gasteiger partial charge >= 0.3 is 0 Å². The number of nitrogens with two attached hydrogens (primary N) is 1. The molecule has 0 aliphatic heterocycles. The van der Waals surface area contributed by atoms with Crippen LogP contribution in [-0.4, -0.2) is 28.2 Å². The number of hydrogen-bond acceptors (Lipinski definition) is 9. The Bertz CT molecular complexity index is 1610. The summed E-state index contributed by atoms with van der Waals surface area (Å²) in [4.78, 5) is 8.46. The number of pyridine rings is 2. The Labute approximate surface area is 249 Å². The van der Waals surface area contributed by atoms with Gasteiger partial charge in [0.15, 0.2) is 0 Å². The Morgan fingerprint density at radius 2 is 1.85 bits per heavy atom. The first-order valence-electron chi connectivity index (χ1n) is 11.3. The van der Waals surface area contributed by atoms with Gasteiger partial charge in [-0.15, -0.1) is 0 Å². The number of halogens is 5. The lowest BCUT2D eigenvalue weighted by molar-refractivity contribution is 0.298. The van der Waals surface area contributed by atoms with Crippen LogP contribution in [0.25, 0.3) is 10.9 Å². The first-order chi connectivity index (χ1) is 18.7. The van der Waals surface area contributed by atoms with Crippen LogP contribution in [0.15, 0.2) is 60.6 Å². The molecule has 14 heteroatoms. The van der Waals surface area contributed by atoms with E-state index in [2.05, 4.69) is 32.0 Å². The summed E-state index contributed by atoms with van der Waals surface area (Å²) in [5.41, 5.74) is 9.26. The Morgan fingerprint density at radius 1 is 1.10 bits per heavy atom. The van der Waals surface area contributed by atoms with Gasteiger partial charge in [-0.05, 0) is 36.4 Å². The fourth-order valence-corrected chi connectivity index (χ4v) is 4.67. The summed E-state index contributed by atoms with van der Waals surface area (Å²) in [7, 11) is 0. The number of nitriles is 1. The first kappa shape index (κ1) is 31.0. The first-order valence-corrected chi connectivity index (χ1v) is 12.9. The highest BCUT2D eigenvalue weighted by Crippen LogP contribution is 2.37. The van der Waals surface area contributed by atoms with Crippen LogP contribution < -0.4 is 27.8 Å². The minimum Gasteiger partial charge on any atom is -0.399 e. The van der Waals surface area contributed by atoms with E-state index < -0.39 is 11.9 Å². The normalized spacial score (nSPS) is 11.9. The number of aliphatic hydroxyl groups is 1. The van der Waals surface area contributed by atoms with Gasteiger partial charge in [0.2, 0.25) is 0 Å². The van der Waals surface area contributed by atoms with Crippen LogP contribution in [-0.2, 0) is 0 Å². The summed E-state index contributed by atoms with van der Waals surface area (Å²) in [6.07, 6.45) is 2.94. The van der Waals surface area contributed by atoms with Crippen molar-refractivity contribution < 1.29 is 9.50 Å². The standard InChI is InChI=1S/C26H20Cl4FN7O.H3N/c27-18-8-14(1-3-20(18)31)36-23-13(10-32)11-35-24-17(23)7-15(9-19(24)28)37-25(21(33)12-34-5-6-39)16-2-4-22(29)38-26(16)30;/h1-4,7-9,11-12,25,34,37,39H,5-6,33H2,(H,35,36);1H3/b21-12-;/t25-;/m0./s1. The lowest BCUT2D eigenvalue weighted by Gasteiger charge is -2.23. The number of rotatable bonds is 9. The molecule has 40 heavy (non-hydrogen) atoms. The fraction of sp³-hybridized carbons (Fsp3) is 0.115. The molecule has 2 heterocycles. The molecule has 0 aliphatic carbocycles. The van der Waals surface area contributed by atoms with Gasteiger partial charge in [-0.1, -0.05) is 52.5 Å². The highest BCUT2D eigenvalue weighted by molar-refractivity contribution is 6.36. The molecule has 0 aliphatic rings. The van der Waals surface area contributed by atoms with Crippen molar-refractivity contribution in [1.29, 1.82) is 5.26 Å². The van der Waals surface area contributed by atoms with Gasteiger partial charge < -0.3 is 32.9 Å². The zero-order chi connectivity index (χ0) is 28.1. The Balaban J connectivity index is 0.00000441. The molecule has 2 aromatic heterocycles. The predicted molar refractivity (Wildman–Crippen MR) is 159 cm³/mol. The minimum atomic E-state index is -0.693. The SMILES string of the molecule is N.N#Cc1cnc2c(Cl)cc(N[C@H](/C(N)=C/NCCO)c3ccc(Cl)nc3Cl)cc2c1Nc1ccc(F)c(Cl)c1. The Morgan fingerprint density at radius 3 is 2.52 bits per heavy atom. The highest BCUT2D eigenvalue weighted by Gasteiger charge is 2.21. The van der Waals surface area contributed by atoms with Crippen molar-refractivity contribution in [3.63, 3.8) is 0 Å². The van der Waals surface area contributed by atoms with E-state index >= 15 is 0 Å². The molecule has 0 radical (unpaired) electrons. The van der Waals surface area contributed by atoms with Crippen LogP contribution in [0.2, 0.25) is 20.4 Å². The average molecular weight is 624 g/mol. The molecule has 0 fully saturated rings. The second-order valence-electron chi connectivity index (χ2n) is 8.18. The predicted octanol–water partition coefficient (Wildman–Crippen LogP) is 6.69. The highest BCUT2D eigenvalue weighted by atomic mass is 35.5. The molecule has 208 valence electrons. The fourth-order valence-electron chi connectivity index (χ4n) is 3.76. The number of nitrogens with one attached hydrogen (secondary N) is 3. The number of hydrogen-bond donors (Lipinski definition) is 6. The Kier molecular flexibility index (Phi) is 10.6. The monoisotopic (exact) mass is 622 g/mol. The summed E-state index contributed by atoms with van der Waals surface area (Å²) < 4.78 is 13.7. The van der Waals surface area contributed by atoms with E-state index in [1.54, 1.807) is 30.5 Å². The second-order valence-corrected chi connectivity index (χ2v) is 9.74. The molecule has 0 unspecified atom stereocenters. The smallest absolute Gasteiger partial charge is 0.141 e. The number of fused-ring (bicyclic) bond motifs is 1. The maximum absolute atomic E-state index is 13.7. The molecule has 4 rings (SSSR count). The molecule has 0 spiro atoms. The van der Waals surface area contributed by atoms with Crippen LogP contribution in [0.1, 0.15) is 17.2 Å². The molecular weight excluding hydrogens is 601 g/mol. The van der Waals surface area contributed by atoms with E-state index in [4.69, 9.17) is 57.2 Å². The zero-order valence-electron chi connectivity index (χ0n) is 20.7. The van der Waals surface area contributed by atoms with Gasteiger partial charge in [0.05, 0.1) is 45.2 Å². The maximum atomic E-state index is 13.7. The van der Waals surface area contributed by atoms with Crippen LogP contribution in [0.3, 0.4) is 0 Å². The molecule has 0 amide bonds. The quantitative estimate of drug-likeness (QED) is 0.0878. The van der Waals surface area contributed by atoms with Crippen molar-refractivity contribution in [1.82, 2.24) is 21.4 Å². The number of aromatic nitrogens is 2. The number of anilines is 3. The molecule has 1 atom stereocenters. The third kappa shape index (κ3) is 6.95. The molecule has 0 saturated heterocycles.